The van der Waals surface area contributed by atoms with E-state index in [1.807, 2.05) is 0 Å². The summed E-state index contributed by atoms with van der Waals surface area (Å²) in [6.07, 6.45) is 2.14. The molecule has 1 atom stereocenters. The molecule has 1 rings (SSSR count). The Kier molecular flexibility index (Phi) is 5.93. The van der Waals surface area contributed by atoms with Crippen LogP contribution in [0.5, 0.6) is 0 Å². The molecule has 17 heavy (non-hydrogen) atoms. The van der Waals surface area contributed by atoms with Crippen molar-refractivity contribution in [2.45, 2.75) is 39.7 Å². The Bertz CT molecular complexity index is 385. The molecule has 2 heteroatoms. The number of halogens is 1. The first-order valence-corrected chi connectivity index (χ1v) is 6.98. The second-order valence-corrected chi connectivity index (χ2v) is 5.44. The second-order valence-electron chi connectivity index (χ2n) is 4.65. The predicted octanol–water partition coefficient (Wildman–Crippen LogP) is 4.76. The van der Waals surface area contributed by atoms with Gasteiger partial charge in [0.05, 0.1) is 0 Å². The fourth-order valence-corrected chi connectivity index (χ4v) is 2.44. The van der Waals surface area contributed by atoms with E-state index < -0.39 is 0 Å². The van der Waals surface area contributed by atoms with Gasteiger partial charge in [0.15, 0.2) is 0 Å². The number of benzene rings is 1. The fraction of sp³-hybridized carbons (Fsp3) is 0.467. The van der Waals surface area contributed by atoms with Crippen LogP contribution in [0.1, 0.15) is 43.9 Å². The molecule has 0 amide bonds. The van der Waals surface area contributed by atoms with Crippen LogP contribution in [0.4, 0.5) is 0 Å². The van der Waals surface area contributed by atoms with Crippen LogP contribution >= 0.6 is 15.9 Å². The van der Waals surface area contributed by atoms with Gasteiger partial charge in [-0.25, -0.2) is 0 Å². The summed E-state index contributed by atoms with van der Waals surface area (Å²) < 4.78 is 1.22. The molecule has 0 aliphatic rings. The van der Waals surface area contributed by atoms with Gasteiger partial charge in [-0.05, 0) is 44.4 Å². The van der Waals surface area contributed by atoms with Crippen molar-refractivity contribution in [1.82, 2.24) is 5.32 Å². The van der Waals surface area contributed by atoms with Gasteiger partial charge in [0, 0.05) is 10.5 Å². The Hall–Kier alpha value is -0.600. The van der Waals surface area contributed by atoms with Crippen molar-refractivity contribution in [3.05, 3.63) is 46.0 Å². The topological polar surface area (TPSA) is 12.0 Å². The minimum atomic E-state index is 0.363. The highest BCUT2D eigenvalue weighted by molar-refractivity contribution is 9.10. The van der Waals surface area contributed by atoms with Crippen LogP contribution in [-0.4, -0.2) is 6.54 Å². The van der Waals surface area contributed by atoms with Gasteiger partial charge in [-0.15, -0.1) is 6.58 Å². The van der Waals surface area contributed by atoms with Crippen LogP contribution in [0.15, 0.2) is 34.8 Å². The molecular weight excluding hydrogens is 274 g/mol. The average Bonchev–Trinajstić information content (AvgIpc) is 2.28. The summed E-state index contributed by atoms with van der Waals surface area (Å²) >= 11 is 3.69. The van der Waals surface area contributed by atoms with Gasteiger partial charge in [0.2, 0.25) is 0 Å². The lowest BCUT2D eigenvalue weighted by atomic mass is 9.98. The van der Waals surface area contributed by atoms with Crippen molar-refractivity contribution in [1.29, 1.82) is 0 Å². The summed E-state index contributed by atoms with van der Waals surface area (Å²) in [7, 11) is 0. The molecular formula is C15H22BrN. The minimum absolute atomic E-state index is 0.363. The molecule has 0 heterocycles. The van der Waals surface area contributed by atoms with E-state index in [1.54, 1.807) is 0 Å². The Balaban J connectivity index is 2.94. The molecule has 0 radical (unpaired) electrons. The standard InChI is InChI=1S/C15H22BrN/c1-5-9-17-14(10-11(2)3)13-8-6-7-12(4)15(13)16/h6-8,14,17H,2,5,9-10H2,1,3-4H3. The molecule has 1 aromatic rings. The van der Waals surface area contributed by atoms with E-state index >= 15 is 0 Å². The van der Waals surface area contributed by atoms with Gasteiger partial charge >= 0.3 is 0 Å². The Morgan fingerprint density at radius 2 is 2.18 bits per heavy atom. The quantitative estimate of drug-likeness (QED) is 0.746. The summed E-state index contributed by atoms with van der Waals surface area (Å²) in [4.78, 5) is 0. The van der Waals surface area contributed by atoms with Crippen molar-refractivity contribution in [2.75, 3.05) is 6.54 Å². The molecule has 1 N–H and O–H groups in total. The average molecular weight is 296 g/mol. The van der Waals surface area contributed by atoms with Crippen LogP contribution in [0.3, 0.4) is 0 Å². The predicted molar refractivity (Wildman–Crippen MR) is 79.3 cm³/mol. The number of hydrogen-bond acceptors (Lipinski definition) is 1. The van der Waals surface area contributed by atoms with Crippen molar-refractivity contribution < 1.29 is 0 Å². The Morgan fingerprint density at radius 1 is 1.47 bits per heavy atom. The summed E-state index contributed by atoms with van der Waals surface area (Å²) in [5.41, 5.74) is 3.83. The highest BCUT2D eigenvalue weighted by Crippen LogP contribution is 2.29. The molecule has 94 valence electrons. The summed E-state index contributed by atoms with van der Waals surface area (Å²) in [6, 6.07) is 6.80. The lowest BCUT2D eigenvalue weighted by Gasteiger charge is -2.21. The highest BCUT2D eigenvalue weighted by Gasteiger charge is 2.14. The monoisotopic (exact) mass is 295 g/mol. The van der Waals surface area contributed by atoms with Gasteiger partial charge < -0.3 is 5.32 Å². The minimum Gasteiger partial charge on any atom is -0.310 e. The Morgan fingerprint density at radius 3 is 2.76 bits per heavy atom. The molecule has 1 nitrogen and oxygen atoms in total. The lowest BCUT2D eigenvalue weighted by Crippen LogP contribution is -2.22. The van der Waals surface area contributed by atoms with Crippen LogP contribution in [0, 0.1) is 6.92 Å². The van der Waals surface area contributed by atoms with Gasteiger partial charge in [-0.2, -0.15) is 0 Å². The van der Waals surface area contributed by atoms with E-state index in [9.17, 15) is 0 Å². The second kappa shape index (κ2) is 6.97. The van der Waals surface area contributed by atoms with E-state index in [0.29, 0.717) is 6.04 Å². The molecule has 1 unspecified atom stereocenters. The summed E-state index contributed by atoms with van der Waals surface area (Å²) in [5, 5.41) is 3.59. The normalized spacial score (nSPS) is 12.5. The van der Waals surface area contributed by atoms with Crippen molar-refractivity contribution in [3.63, 3.8) is 0 Å². The van der Waals surface area contributed by atoms with Crippen molar-refractivity contribution in [2.24, 2.45) is 0 Å². The van der Waals surface area contributed by atoms with Gasteiger partial charge in [0.25, 0.3) is 0 Å². The maximum absolute atomic E-state index is 4.03. The third-order valence-electron chi connectivity index (χ3n) is 2.79. The van der Waals surface area contributed by atoms with Gasteiger partial charge in [0.1, 0.15) is 0 Å². The van der Waals surface area contributed by atoms with E-state index in [2.05, 4.69) is 66.8 Å². The number of rotatable bonds is 6. The zero-order valence-corrected chi connectivity index (χ0v) is 12.6. The summed E-state index contributed by atoms with van der Waals surface area (Å²) in [5.74, 6) is 0. The number of nitrogens with one attached hydrogen (secondary N) is 1. The first kappa shape index (κ1) is 14.5. The number of aryl methyl sites for hydroxylation is 1. The molecule has 0 aliphatic carbocycles. The molecule has 0 fully saturated rings. The summed E-state index contributed by atoms with van der Waals surface area (Å²) in [6.45, 7) is 11.5. The van der Waals surface area contributed by atoms with E-state index in [0.717, 1.165) is 19.4 Å². The van der Waals surface area contributed by atoms with Crippen LogP contribution in [0.2, 0.25) is 0 Å². The van der Waals surface area contributed by atoms with Crippen molar-refractivity contribution in [3.8, 4) is 0 Å². The molecule has 0 spiro atoms. The van der Waals surface area contributed by atoms with Crippen LogP contribution < -0.4 is 5.32 Å². The molecule has 0 bridgehead atoms. The van der Waals surface area contributed by atoms with Crippen LogP contribution in [-0.2, 0) is 0 Å². The molecule has 0 aromatic heterocycles. The molecule has 0 saturated heterocycles. The first-order valence-electron chi connectivity index (χ1n) is 6.19. The zero-order valence-electron chi connectivity index (χ0n) is 11.0. The highest BCUT2D eigenvalue weighted by atomic mass is 79.9. The number of hydrogen-bond donors (Lipinski definition) is 1. The largest absolute Gasteiger partial charge is 0.310 e. The van der Waals surface area contributed by atoms with E-state index in [-0.39, 0.29) is 0 Å². The van der Waals surface area contributed by atoms with Gasteiger partial charge in [-0.1, -0.05) is 46.6 Å². The van der Waals surface area contributed by atoms with E-state index in [1.165, 1.54) is 21.2 Å². The van der Waals surface area contributed by atoms with Gasteiger partial charge in [-0.3, -0.25) is 0 Å². The first-order chi connectivity index (χ1) is 8.06. The SMILES string of the molecule is C=C(C)CC(NCCC)c1cccc(C)c1Br. The maximum atomic E-state index is 4.03. The van der Waals surface area contributed by atoms with Crippen LogP contribution in [0.25, 0.3) is 0 Å². The smallest absolute Gasteiger partial charge is 0.0368 e. The molecule has 0 aliphatic heterocycles. The molecule has 0 saturated carbocycles. The Labute approximate surface area is 113 Å². The van der Waals surface area contributed by atoms with Crippen molar-refractivity contribution >= 4 is 15.9 Å². The van der Waals surface area contributed by atoms with E-state index in [4.69, 9.17) is 0 Å². The lowest BCUT2D eigenvalue weighted by molar-refractivity contribution is 0.526. The third kappa shape index (κ3) is 4.29. The zero-order chi connectivity index (χ0) is 12.8. The maximum Gasteiger partial charge on any atom is 0.0368 e. The fourth-order valence-electron chi connectivity index (χ4n) is 1.90. The third-order valence-corrected chi connectivity index (χ3v) is 3.87. The molecule has 1 aromatic carbocycles.